The third-order valence-electron chi connectivity index (χ3n) is 4.84. The second-order valence-corrected chi connectivity index (χ2v) is 8.39. The van der Waals surface area contributed by atoms with E-state index in [1.54, 1.807) is 20.8 Å². The van der Waals surface area contributed by atoms with Gasteiger partial charge in [-0.15, -0.1) is 0 Å². The molecule has 9 nitrogen and oxygen atoms in total. The van der Waals surface area contributed by atoms with E-state index in [-0.39, 0.29) is 29.8 Å². The highest BCUT2D eigenvalue weighted by Crippen LogP contribution is 2.31. The number of amides is 2. The van der Waals surface area contributed by atoms with Gasteiger partial charge in [-0.3, -0.25) is 9.48 Å². The molecule has 2 aromatic rings. The maximum Gasteiger partial charge on any atom is 0.410 e. The number of nitriles is 1. The zero-order chi connectivity index (χ0) is 22.8. The minimum absolute atomic E-state index is 0.149. The number of hydrogen-bond donors (Lipinski definition) is 2. The lowest BCUT2D eigenvalue weighted by Gasteiger charge is -2.36. The zero-order valence-electron chi connectivity index (χ0n) is 17.6. The Bertz CT molecular complexity index is 1010. The van der Waals surface area contributed by atoms with E-state index >= 15 is 0 Å². The van der Waals surface area contributed by atoms with E-state index in [4.69, 9.17) is 10.5 Å². The Balaban J connectivity index is 1.80. The fraction of sp³-hybridized carbons (Fsp3) is 0.429. The number of piperidine rings is 1. The molecule has 0 spiro atoms. The van der Waals surface area contributed by atoms with E-state index in [2.05, 4.69) is 16.5 Å². The molecule has 1 aliphatic rings. The summed E-state index contributed by atoms with van der Waals surface area (Å²) < 4.78 is 20.1. The molecular weight excluding hydrogens is 403 g/mol. The van der Waals surface area contributed by atoms with Crippen molar-refractivity contribution in [1.82, 2.24) is 14.7 Å². The van der Waals surface area contributed by atoms with Gasteiger partial charge in [0.05, 0.1) is 18.0 Å². The number of likely N-dealkylation sites (tertiary alicyclic amines) is 1. The van der Waals surface area contributed by atoms with Crippen LogP contribution in [0, 0.1) is 23.1 Å². The normalized spacial score (nSPS) is 18.9. The van der Waals surface area contributed by atoms with Gasteiger partial charge in [0.15, 0.2) is 5.82 Å². The summed E-state index contributed by atoms with van der Waals surface area (Å²) in [7, 11) is 0. The van der Waals surface area contributed by atoms with E-state index in [0.29, 0.717) is 18.7 Å². The lowest BCUT2D eigenvalue weighted by atomic mass is 9.94. The quantitative estimate of drug-likeness (QED) is 0.770. The van der Waals surface area contributed by atoms with Crippen LogP contribution in [0.15, 0.2) is 30.5 Å². The van der Waals surface area contributed by atoms with Crippen molar-refractivity contribution in [2.75, 3.05) is 18.4 Å². The van der Waals surface area contributed by atoms with Gasteiger partial charge >= 0.3 is 6.09 Å². The average Bonchev–Trinajstić information content (AvgIpc) is 3.12. The molecule has 1 fully saturated rings. The van der Waals surface area contributed by atoms with Gasteiger partial charge in [-0.25, -0.2) is 9.18 Å². The highest BCUT2D eigenvalue weighted by atomic mass is 19.1. The molecule has 2 atom stereocenters. The Morgan fingerprint density at radius 2 is 2.00 bits per heavy atom. The van der Waals surface area contributed by atoms with Crippen LogP contribution in [0.2, 0.25) is 0 Å². The predicted molar refractivity (Wildman–Crippen MR) is 111 cm³/mol. The summed E-state index contributed by atoms with van der Waals surface area (Å²) in [6.45, 7) is 5.91. The summed E-state index contributed by atoms with van der Waals surface area (Å²) in [4.78, 5) is 25.8. The maximum absolute atomic E-state index is 13.2. The minimum atomic E-state index is -0.685. The van der Waals surface area contributed by atoms with Crippen LogP contribution in [-0.4, -0.2) is 45.4 Å². The molecule has 10 heteroatoms. The molecule has 0 unspecified atom stereocenters. The third kappa shape index (κ3) is 5.31. The molecule has 0 aliphatic carbocycles. The van der Waals surface area contributed by atoms with Crippen LogP contribution in [0.25, 0.3) is 0 Å². The molecule has 0 radical (unpaired) electrons. The van der Waals surface area contributed by atoms with Crippen LogP contribution in [0.3, 0.4) is 0 Å². The van der Waals surface area contributed by atoms with Crippen molar-refractivity contribution in [3.63, 3.8) is 0 Å². The van der Waals surface area contributed by atoms with Crippen LogP contribution in [-0.2, 0) is 4.74 Å². The number of nitrogens with two attached hydrogens (primary N) is 1. The number of nitrogens with zero attached hydrogens (tertiary/aromatic N) is 4. The number of hydrogen-bond acceptors (Lipinski definition) is 6. The molecule has 3 rings (SSSR count). The second-order valence-electron chi connectivity index (χ2n) is 8.39. The van der Waals surface area contributed by atoms with Crippen LogP contribution < -0.4 is 11.1 Å². The van der Waals surface area contributed by atoms with Gasteiger partial charge in [0, 0.05) is 25.0 Å². The van der Waals surface area contributed by atoms with E-state index in [1.165, 1.54) is 40.0 Å². The third-order valence-corrected chi connectivity index (χ3v) is 4.84. The number of carbonyl (C=O) groups excluding carboxylic acids is 2. The second kappa shape index (κ2) is 8.63. The first-order valence-corrected chi connectivity index (χ1v) is 9.86. The highest BCUT2D eigenvalue weighted by molar-refractivity contribution is 5.98. The Morgan fingerprint density at radius 3 is 2.58 bits per heavy atom. The number of primary amides is 1. The van der Waals surface area contributed by atoms with Crippen molar-refractivity contribution in [2.45, 2.75) is 38.8 Å². The zero-order valence-corrected chi connectivity index (χ0v) is 17.6. The maximum atomic E-state index is 13.2. The first kappa shape index (κ1) is 22.1. The molecule has 3 N–H and O–H groups in total. The molecule has 0 saturated carbocycles. The molecule has 1 aliphatic heterocycles. The van der Waals surface area contributed by atoms with E-state index in [0.717, 1.165) is 0 Å². The monoisotopic (exact) mass is 428 g/mol. The molecule has 1 saturated heterocycles. The summed E-state index contributed by atoms with van der Waals surface area (Å²) in [6, 6.07) is 7.45. The van der Waals surface area contributed by atoms with Crippen molar-refractivity contribution in [3.8, 4) is 6.07 Å². The number of halogens is 1. The molecule has 2 heterocycles. The summed E-state index contributed by atoms with van der Waals surface area (Å²) in [5.41, 5.74) is 5.55. The van der Waals surface area contributed by atoms with Gasteiger partial charge < -0.3 is 20.7 Å². The highest BCUT2D eigenvalue weighted by Gasteiger charge is 2.35. The number of aromatic nitrogens is 2. The Morgan fingerprint density at radius 1 is 1.32 bits per heavy atom. The van der Waals surface area contributed by atoms with Crippen molar-refractivity contribution in [2.24, 2.45) is 11.7 Å². The number of benzene rings is 1. The number of carbonyl (C=O) groups is 2. The van der Waals surface area contributed by atoms with Crippen molar-refractivity contribution < 1.29 is 18.7 Å². The first-order chi connectivity index (χ1) is 14.6. The SMILES string of the molecule is CC(C)(C)OC(=O)N1CC[C@@H](n2cc(C(N)=O)c(Nc3ccc(F)cc3)n2)[C@@H](C#N)C1. The Labute approximate surface area is 179 Å². The predicted octanol–water partition coefficient (Wildman–Crippen LogP) is 3.19. The molecule has 2 amide bonds. The summed E-state index contributed by atoms with van der Waals surface area (Å²) in [6.07, 6.45) is 1.47. The van der Waals surface area contributed by atoms with Crippen LogP contribution >= 0.6 is 0 Å². The van der Waals surface area contributed by atoms with Crippen LogP contribution in [0.5, 0.6) is 0 Å². The fourth-order valence-electron chi connectivity index (χ4n) is 3.38. The average molecular weight is 428 g/mol. The molecule has 1 aromatic heterocycles. The lowest BCUT2D eigenvalue weighted by molar-refractivity contribution is 0.0143. The van der Waals surface area contributed by atoms with Crippen molar-refractivity contribution in [1.29, 1.82) is 5.26 Å². The van der Waals surface area contributed by atoms with Gasteiger partial charge in [-0.1, -0.05) is 0 Å². The summed E-state index contributed by atoms with van der Waals surface area (Å²) in [5.74, 6) is -1.42. The number of anilines is 2. The fourth-order valence-corrected chi connectivity index (χ4v) is 3.38. The number of rotatable bonds is 4. The standard InChI is InChI=1S/C21H25FN6O3/c1-21(2,3)31-20(30)27-9-8-17(13(10-23)11-27)28-12-16(18(24)29)19(26-28)25-15-6-4-14(22)5-7-15/h4-7,12-13,17H,8-9,11H2,1-3H3,(H2,24,29)(H,25,26)/t13-,17+/m0/s1. The lowest BCUT2D eigenvalue weighted by Crippen LogP contribution is -2.46. The summed E-state index contributed by atoms with van der Waals surface area (Å²) in [5, 5.41) is 17.1. The van der Waals surface area contributed by atoms with Gasteiger partial charge in [0.25, 0.3) is 5.91 Å². The molecular formula is C21H25FN6O3. The molecule has 0 bridgehead atoms. The van der Waals surface area contributed by atoms with E-state index in [9.17, 15) is 19.2 Å². The number of ether oxygens (including phenoxy) is 1. The molecule has 31 heavy (non-hydrogen) atoms. The molecule has 164 valence electrons. The van der Waals surface area contributed by atoms with E-state index < -0.39 is 23.5 Å². The Hall–Kier alpha value is -3.61. The molecule has 1 aromatic carbocycles. The van der Waals surface area contributed by atoms with Gasteiger partial charge in [0.2, 0.25) is 0 Å². The minimum Gasteiger partial charge on any atom is -0.444 e. The number of nitrogens with one attached hydrogen (secondary N) is 1. The van der Waals surface area contributed by atoms with Gasteiger partial charge in [-0.05, 0) is 51.5 Å². The smallest absolute Gasteiger partial charge is 0.410 e. The van der Waals surface area contributed by atoms with Crippen LogP contribution in [0.4, 0.5) is 20.7 Å². The Kier molecular flexibility index (Phi) is 6.15. The summed E-state index contributed by atoms with van der Waals surface area (Å²) >= 11 is 0. The van der Waals surface area contributed by atoms with Crippen molar-refractivity contribution >= 4 is 23.5 Å². The largest absolute Gasteiger partial charge is 0.444 e. The van der Waals surface area contributed by atoms with Gasteiger partial charge in [-0.2, -0.15) is 10.4 Å². The topological polar surface area (TPSA) is 126 Å². The van der Waals surface area contributed by atoms with Crippen molar-refractivity contribution in [3.05, 3.63) is 41.8 Å². The first-order valence-electron chi connectivity index (χ1n) is 9.86. The van der Waals surface area contributed by atoms with Crippen LogP contribution in [0.1, 0.15) is 43.6 Å². The van der Waals surface area contributed by atoms with Gasteiger partial charge in [0.1, 0.15) is 17.0 Å². The van der Waals surface area contributed by atoms with E-state index in [1.807, 2.05) is 0 Å².